The number of carbonyl (C=O) groups is 3. The van der Waals surface area contributed by atoms with E-state index in [-0.39, 0.29) is 36.1 Å². The highest BCUT2D eigenvalue weighted by Gasteiger charge is 2.24. The smallest absolute Gasteiger partial charge is 0.305 e. The first-order valence-corrected chi connectivity index (χ1v) is 14.7. The van der Waals surface area contributed by atoms with Gasteiger partial charge in [0.15, 0.2) is 0 Å². The Morgan fingerprint density at radius 1 is 0.767 bits per heavy atom. The number of rotatable bonds is 11. The molecule has 4 rings (SSSR count). The lowest BCUT2D eigenvalue weighted by atomic mass is 9.87. The van der Waals surface area contributed by atoms with E-state index >= 15 is 0 Å². The molecule has 6 heteroatoms. The lowest BCUT2D eigenvalue weighted by molar-refractivity contribution is -0.137. The van der Waals surface area contributed by atoms with Crippen LogP contribution in [0.25, 0.3) is 11.1 Å². The molecule has 4 aromatic rings. The molecule has 0 saturated heterocycles. The molecule has 0 spiro atoms. The van der Waals surface area contributed by atoms with Crippen molar-refractivity contribution in [2.45, 2.75) is 52.0 Å². The summed E-state index contributed by atoms with van der Waals surface area (Å²) in [6.07, 6.45) is -0.162. The highest BCUT2D eigenvalue weighted by Crippen LogP contribution is 2.29. The van der Waals surface area contributed by atoms with Gasteiger partial charge in [0.1, 0.15) is 0 Å². The van der Waals surface area contributed by atoms with Crippen LogP contribution in [0.4, 0.5) is 0 Å². The molecule has 2 N–H and O–H groups in total. The zero-order valence-corrected chi connectivity index (χ0v) is 25.3. The molecule has 0 bridgehead atoms. The molecule has 2 amide bonds. The maximum Gasteiger partial charge on any atom is 0.305 e. The van der Waals surface area contributed by atoms with Gasteiger partial charge in [-0.1, -0.05) is 119 Å². The molecule has 1 atom stereocenters. The molecule has 0 aliphatic heterocycles. The molecule has 0 radical (unpaired) electrons. The summed E-state index contributed by atoms with van der Waals surface area (Å²) in [7, 11) is 0. The quantitative estimate of drug-likeness (QED) is 0.196. The first-order chi connectivity index (χ1) is 20.5. The number of carbonyl (C=O) groups excluding carboxylic acids is 2. The van der Waals surface area contributed by atoms with E-state index in [0.717, 1.165) is 11.1 Å². The van der Waals surface area contributed by atoms with Crippen molar-refractivity contribution >= 4 is 17.8 Å². The standard InChI is InChI=1S/C37H40N2O4/c1-26(28-12-6-5-7-13-28)25-39(23-22-34(40)41)36(43)33-17-11-9-15-31(33)30-14-8-10-16-32(30)35(42)38-24-27-18-20-29(21-19-27)37(2,3)4/h5-21,26H,22-25H2,1-4H3,(H,38,42)(H,40,41). The Bertz CT molecular complexity index is 1560. The Hall–Kier alpha value is -4.71. The highest BCUT2D eigenvalue weighted by atomic mass is 16.4. The minimum absolute atomic E-state index is 0.00151. The third-order valence-corrected chi connectivity index (χ3v) is 7.64. The number of carboxylic acid groups (broad SMARTS) is 1. The van der Waals surface area contributed by atoms with Gasteiger partial charge in [0.2, 0.25) is 0 Å². The topological polar surface area (TPSA) is 86.7 Å². The second kappa shape index (κ2) is 14.0. The average molecular weight is 577 g/mol. The zero-order valence-electron chi connectivity index (χ0n) is 25.3. The molecule has 0 fully saturated rings. The van der Waals surface area contributed by atoms with Gasteiger partial charge in [0.25, 0.3) is 11.8 Å². The van der Waals surface area contributed by atoms with Crippen LogP contribution >= 0.6 is 0 Å². The molecule has 43 heavy (non-hydrogen) atoms. The van der Waals surface area contributed by atoms with Gasteiger partial charge in [0.05, 0.1) is 6.42 Å². The van der Waals surface area contributed by atoms with E-state index in [1.54, 1.807) is 23.1 Å². The maximum atomic E-state index is 14.0. The van der Waals surface area contributed by atoms with Crippen molar-refractivity contribution in [3.63, 3.8) is 0 Å². The minimum Gasteiger partial charge on any atom is -0.481 e. The molecule has 6 nitrogen and oxygen atoms in total. The molecule has 222 valence electrons. The first kappa shape index (κ1) is 31.2. The van der Waals surface area contributed by atoms with Crippen molar-refractivity contribution in [2.24, 2.45) is 0 Å². The molecule has 0 aromatic heterocycles. The number of benzene rings is 4. The van der Waals surface area contributed by atoms with Crippen molar-refractivity contribution in [1.82, 2.24) is 10.2 Å². The first-order valence-electron chi connectivity index (χ1n) is 14.7. The highest BCUT2D eigenvalue weighted by molar-refractivity contribution is 6.06. The monoisotopic (exact) mass is 576 g/mol. The molecule has 4 aromatic carbocycles. The molecule has 0 aliphatic rings. The summed E-state index contributed by atoms with van der Waals surface area (Å²) in [5, 5.41) is 12.4. The Labute approximate surface area is 254 Å². The van der Waals surface area contributed by atoms with E-state index in [2.05, 4.69) is 38.2 Å². The predicted octanol–water partition coefficient (Wildman–Crippen LogP) is 7.30. The second-order valence-electron chi connectivity index (χ2n) is 11.9. The van der Waals surface area contributed by atoms with E-state index in [1.165, 1.54) is 5.56 Å². The van der Waals surface area contributed by atoms with E-state index in [0.29, 0.717) is 35.3 Å². The number of nitrogens with one attached hydrogen (secondary N) is 1. The van der Waals surface area contributed by atoms with Gasteiger partial charge < -0.3 is 15.3 Å². The number of hydrogen-bond acceptors (Lipinski definition) is 3. The van der Waals surface area contributed by atoms with Crippen LogP contribution in [0, 0.1) is 0 Å². The summed E-state index contributed by atoms with van der Waals surface area (Å²) in [6, 6.07) is 32.5. The Morgan fingerprint density at radius 2 is 1.33 bits per heavy atom. The van der Waals surface area contributed by atoms with Crippen molar-refractivity contribution in [2.75, 3.05) is 13.1 Å². The molecular weight excluding hydrogens is 536 g/mol. The summed E-state index contributed by atoms with van der Waals surface area (Å²) < 4.78 is 0. The van der Waals surface area contributed by atoms with Gasteiger partial charge in [-0.15, -0.1) is 0 Å². The minimum atomic E-state index is -0.964. The van der Waals surface area contributed by atoms with E-state index in [1.807, 2.05) is 79.7 Å². The van der Waals surface area contributed by atoms with Crippen molar-refractivity contribution < 1.29 is 19.5 Å². The zero-order chi connectivity index (χ0) is 31.0. The van der Waals surface area contributed by atoms with Gasteiger partial charge in [-0.3, -0.25) is 14.4 Å². The molecule has 0 aliphatic carbocycles. The summed E-state index contributed by atoms with van der Waals surface area (Å²) in [5.74, 6) is -1.47. The average Bonchev–Trinajstić information content (AvgIpc) is 3.01. The van der Waals surface area contributed by atoms with Crippen LogP contribution < -0.4 is 5.32 Å². The van der Waals surface area contributed by atoms with Crippen molar-refractivity contribution in [3.8, 4) is 11.1 Å². The molecule has 0 saturated carbocycles. The van der Waals surface area contributed by atoms with Crippen molar-refractivity contribution in [3.05, 3.63) is 131 Å². The fourth-order valence-electron chi connectivity index (χ4n) is 5.11. The summed E-state index contributed by atoms with van der Waals surface area (Å²) in [4.78, 5) is 40.6. The number of hydrogen-bond donors (Lipinski definition) is 2. The van der Waals surface area contributed by atoms with Crippen LogP contribution in [0.5, 0.6) is 0 Å². The summed E-state index contributed by atoms with van der Waals surface area (Å²) in [6.45, 7) is 9.34. The van der Waals surface area contributed by atoms with Crippen LogP contribution in [0.3, 0.4) is 0 Å². The van der Waals surface area contributed by atoms with Gasteiger partial charge in [-0.25, -0.2) is 0 Å². The predicted molar refractivity (Wildman–Crippen MR) is 171 cm³/mol. The number of carboxylic acids is 1. The van der Waals surface area contributed by atoms with Crippen LogP contribution in [0.2, 0.25) is 0 Å². The van der Waals surface area contributed by atoms with Gasteiger partial charge in [-0.05, 0) is 51.3 Å². The molecule has 1 unspecified atom stereocenters. The third kappa shape index (κ3) is 8.19. The number of aliphatic carboxylic acids is 1. The maximum absolute atomic E-state index is 14.0. The SMILES string of the molecule is CC(CN(CCC(=O)O)C(=O)c1ccccc1-c1ccccc1C(=O)NCc1ccc(C(C)(C)C)cc1)c1ccccc1. The molecule has 0 heterocycles. The Kier molecular flexibility index (Phi) is 10.1. The van der Waals surface area contributed by atoms with Crippen LogP contribution in [0.1, 0.15) is 77.4 Å². The Morgan fingerprint density at radius 3 is 1.93 bits per heavy atom. The van der Waals surface area contributed by atoms with Crippen LogP contribution in [0.15, 0.2) is 103 Å². The Balaban J connectivity index is 1.59. The fourth-order valence-corrected chi connectivity index (χ4v) is 5.11. The van der Waals surface area contributed by atoms with E-state index < -0.39 is 5.97 Å². The molecular formula is C37H40N2O4. The van der Waals surface area contributed by atoms with Gasteiger partial charge >= 0.3 is 5.97 Å². The number of amides is 2. The number of nitrogens with zero attached hydrogens (tertiary/aromatic N) is 1. The van der Waals surface area contributed by atoms with Crippen molar-refractivity contribution in [1.29, 1.82) is 0 Å². The van der Waals surface area contributed by atoms with E-state index in [9.17, 15) is 19.5 Å². The van der Waals surface area contributed by atoms with Gasteiger partial charge in [0, 0.05) is 30.8 Å². The van der Waals surface area contributed by atoms with E-state index in [4.69, 9.17) is 0 Å². The van der Waals surface area contributed by atoms with Gasteiger partial charge in [-0.2, -0.15) is 0 Å². The van der Waals surface area contributed by atoms with Crippen LogP contribution in [-0.2, 0) is 16.8 Å². The fraction of sp³-hybridized carbons (Fsp3) is 0.270. The van der Waals surface area contributed by atoms with Crippen LogP contribution in [-0.4, -0.2) is 40.9 Å². The summed E-state index contributed by atoms with van der Waals surface area (Å²) in [5.41, 5.74) is 5.49. The second-order valence-corrected chi connectivity index (χ2v) is 11.9. The lowest BCUT2D eigenvalue weighted by Gasteiger charge is -2.27. The largest absolute Gasteiger partial charge is 0.481 e. The summed E-state index contributed by atoms with van der Waals surface area (Å²) >= 11 is 0. The third-order valence-electron chi connectivity index (χ3n) is 7.64. The normalized spacial score (nSPS) is 11.9. The lowest BCUT2D eigenvalue weighted by Crippen LogP contribution is -2.36.